The average molecular weight is 472 g/mol. The number of tetrazole rings is 1. The van der Waals surface area contributed by atoms with Crippen molar-refractivity contribution >= 4 is 34.9 Å². The fourth-order valence-corrected chi connectivity index (χ4v) is 4.41. The van der Waals surface area contributed by atoms with Crippen LogP contribution in [0.1, 0.15) is 36.4 Å². The molecule has 2 aliphatic rings. The van der Waals surface area contributed by atoms with Gasteiger partial charge in [-0.2, -0.15) is 4.68 Å². The second kappa shape index (κ2) is 8.44. The number of hydrogen-bond donors (Lipinski definition) is 1. The summed E-state index contributed by atoms with van der Waals surface area (Å²) >= 11 is 12.1. The number of fused-ring (bicyclic) bond motifs is 1. The van der Waals surface area contributed by atoms with Gasteiger partial charge in [0.1, 0.15) is 12.6 Å². The van der Waals surface area contributed by atoms with Gasteiger partial charge in [0.2, 0.25) is 5.95 Å². The molecular weight excluding hydrogens is 453 g/mol. The molecular formula is C22H19Cl2N5O3. The minimum absolute atomic E-state index is 0.101. The van der Waals surface area contributed by atoms with Crippen LogP contribution in [-0.2, 0) is 11.4 Å². The SMILES string of the molecule is COc1cc(C2C3=C(CCCC3=O)Nc3nnnn32)ccc1OCc1ccc(Cl)c(Cl)c1. The third kappa shape index (κ3) is 3.69. The number of rotatable bonds is 5. The minimum Gasteiger partial charge on any atom is -0.493 e. The van der Waals surface area contributed by atoms with E-state index in [0.29, 0.717) is 46.1 Å². The Hall–Kier alpha value is -3.10. The number of carbonyl (C=O) groups excluding carboxylic acids is 1. The molecule has 0 radical (unpaired) electrons. The Kier molecular flexibility index (Phi) is 5.48. The smallest absolute Gasteiger partial charge is 0.248 e. The summed E-state index contributed by atoms with van der Waals surface area (Å²) in [4.78, 5) is 12.8. The van der Waals surface area contributed by atoms with Crippen molar-refractivity contribution in [2.24, 2.45) is 0 Å². The molecule has 1 atom stereocenters. The highest BCUT2D eigenvalue weighted by molar-refractivity contribution is 6.42. The van der Waals surface area contributed by atoms with Gasteiger partial charge in [-0.15, -0.1) is 0 Å². The Bertz CT molecular complexity index is 1240. The molecule has 1 aliphatic carbocycles. The molecule has 1 N–H and O–H groups in total. The second-order valence-electron chi connectivity index (χ2n) is 7.59. The molecule has 32 heavy (non-hydrogen) atoms. The molecule has 0 amide bonds. The largest absolute Gasteiger partial charge is 0.493 e. The van der Waals surface area contributed by atoms with E-state index in [4.69, 9.17) is 32.7 Å². The molecule has 0 saturated carbocycles. The molecule has 8 nitrogen and oxygen atoms in total. The van der Waals surface area contributed by atoms with Crippen LogP contribution < -0.4 is 14.8 Å². The van der Waals surface area contributed by atoms with E-state index in [-0.39, 0.29) is 5.78 Å². The number of carbonyl (C=O) groups is 1. The van der Waals surface area contributed by atoms with E-state index in [1.807, 2.05) is 24.3 Å². The van der Waals surface area contributed by atoms with Crippen molar-refractivity contribution in [3.05, 3.63) is 68.8 Å². The normalized spacial score (nSPS) is 17.5. The van der Waals surface area contributed by atoms with E-state index in [0.717, 1.165) is 29.7 Å². The standard InChI is InChI=1S/C22H19Cl2N5O3/c1-31-19-10-13(6-8-18(19)32-11-12-5-7-14(23)15(24)9-12)21-20-16(3-2-4-17(20)30)25-22-26-27-28-29(21)22/h5-10,21H,2-4,11H2,1H3,(H,25,26,28). The van der Waals surface area contributed by atoms with Gasteiger partial charge in [0.25, 0.3) is 0 Å². The van der Waals surface area contributed by atoms with Crippen molar-refractivity contribution in [2.75, 3.05) is 12.4 Å². The van der Waals surface area contributed by atoms with Crippen molar-refractivity contribution in [3.8, 4) is 11.5 Å². The van der Waals surface area contributed by atoms with Crippen molar-refractivity contribution < 1.29 is 14.3 Å². The molecule has 164 valence electrons. The number of hydrogen-bond acceptors (Lipinski definition) is 7. The molecule has 3 aromatic rings. The van der Waals surface area contributed by atoms with Gasteiger partial charge in [0, 0.05) is 17.7 Å². The van der Waals surface area contributed by atoms with Gasteiger partial charge >= 0.3 is 0 Å². The van der Waals surface area contributed by atoms with Crippen LogP contribution in [0.2, 0.25) is 10.0 Å². The highest BCUT2D eigenvalue weighted by Crippen LogP contribution is 2.41. The lowest BCUT2D eigenvalue weighted by molar-refractivity contribution is -0.116. The quantitative estimate of drug-likeness (QED) is 0.581. The van der Waals surface area contributed by atoms with Gasteiger partial charge < -0.3 is 14.8 Å². The van der Waals surface area contributed by atoms with E-state index in [9.17, 15) is 4.79 Å². The fourth-order valence-electron chi connectivity index (χ4n) is 4.09. The predicted molar refractivity (Wildman–Crippen MR) is 119 cm³/mol. The Morgan fingerprint density at radius 1 is 1.12 bits per heavy atom. The summed E-state index contributed by atoms with van der Waals surface area (Å²) in [5, 5.41) is 16.1. The first-order chi connectivity index (χ1) is 15.5. The van der Waals surface area contributed by atoms with E-state index in [1.54, 1.807) is 23.9 Å². The summed E-state index contributed by atoms with van der Waals surface area (Å²) in [6.07, 6.45) is 2.10. The van der Waals surface area contributed by atoms with Crippen LogP contribution in [0.4, 0.5) is 5.95 Å². The van der Waals surface area contributed by atoms with Crippen molar-refractivity contribution in [1.29, 1.82) is 0 Å². The number of nitrogens with one attached hydrogen (secondary N) is 1. The summed E-state index contributed by atoms with van der Waals surface area (Å²) < 4.78 is 13.2. The maximum atomic E-state index is 12.8. The van der Waals surface area contributed by atoms with Gasteiger partial charge in [0.15, 0.2) is 17.3 Å². The Morgan fingerprint density at radius 2 is 2.00 bits per heavy atom. The van der Waals surface area contributed by atoms with Gasteiger partial charge in [-0.05, 0) is 58.7 Å². The molecule has 2 heterocycles. The molecule has 0 spiro atoms. The zero-order valence-corrected chi connectivity index (χ0v) is 18.7. The average Bonchev–Trinajstić information content (AvgIpc) is 3.27. The zero-order chi connectivity index (χ0) is 22.2. The van der Waals surface area contributed by atoms with Crippen LogP contribution >= 0.6 is 23.2 Å². The summed E-state index contributed by atoms with van der Waals surface area (Å²) in [6, 6.07) is 10.5. The molecule has 10 heteroatoms. The first-order valence-corrected chi connectivity index (χ1v) is 10.9. The maximum Gasteiger partial charge on any atom is 0.248 e. The number of halogens is 2. The topological polar surface area (TPSA) is 91.2 Å². The van der Waals surface area contributed by atoms with E-state index in [2.05, 4.69) is 20.8 Å². The number of aromatic nitrogens is 4. The predicted octanol–water partition coefficient (Wildman–Crippen LogP) is 4.59. The fraction of sp³-hybridized carbons (Fsp3) is 0.273. The van der Waals surface area contributed by atoms with E-state index in [1.165, 1.54) is 0 Å². The van der Waals surface area contributed by atoms with Gasteiger partial charge in [-0.3, -0.25) is 4.79 Å². The molecule has 0 fully saturated rings. The third-order valence-electron chi connectivity index (χ3n) is 5.61. The zero-order valence-electron chi connectivity index (χ0n) is 17.1. The Labute approximate surface area is 194 Å². The number of methoxy groups -OCH3 is 1. The Morgan fingerprint density at radius 3 is 2.81 bits per heavy atom. The van der Waals surface area contributed by atoms with Crippen LogP contribution in [-0.4, -0.2) is 33.1 Å². The number of ketones is 1. The summed E-state index contributed by atoms with van der Waals surface area (Å²) in [7, 11) is 1.58. The van der Waals surface area contributed by atoms with Crippen molar-refractivity contribution in [1.82, 2.24) is 20.2 Å². The number of Topliss-reactive ketones (excluding diaryl/α,β-unsaturated/α-hetero) is 1. The monoisotopic (exact) mass is 471 g/mol. The van der Waals surface area contributed by atoms with Crippen LogP contribution in [0.25, 0.3) is 0 Å². The van der Waals surface area contributed by atoms with Crippen molar-refractivity contribution in [3.63, 3.8) is 0 Å². The lowest BCUT2D eigenvalue weighted by Gasteiger charge is -2.31. The van der Waals surface area contributed by atoms with Gasteiger partial charge in [0.05, 0.1) is 17.2 Å². The van der Waals surface area contributed by atoms with Crippen LogP contribution in [0.5, 0.6) is 11.5 Å². The first kappa shape index (κ1) is 20.8. The lowest BCUT2D eigenvalue weighted by atomic mass is 9.85. The number of benzene rings is 2. The van der Waals surface area contributed by atoms with E-state index >= 15 is 0 Å². The third-order valence-corrected chi connectivity index (χ3v) is 6.35. The molecule has 0 bridgehead atoms. The summed E-state index contributed by atoms with van der Waals surface area (Å²) in [6.45, 7) is 0.297. The molecule has 1 unspecified atom stereocenters. The minimum atomic E-state index is -0.429. The Balaban J connectivity index is 1.47. The molecule has 0 saturated heterocycles. The van der Waals surface area contributed by atoms with Crippen LogP contribution in [0.15, 0.2) is 47.7 Å². The summed E-state index contributed by atoms with van der Waals surface area (Å²) in [5.74, 6) is 1.73. The van der Waals surface area contributed by atoms with Gasteiger partial charge in [-0.25, -0.2) is 0 Å². The molecule has 1 aromatic heterocycles. The lowest BCUT2D eigenvalue weighted by Crippen LogP contribution is -2.31. The number of ether oxygens (including phenoxy) is 2. The number of allylic oxidation sites excluding steroid dienone is 2. The molecule has 5 rings (SSSR count). The molecule has 1 aliphatic heterocycles. The highest BCUT2D eigenvalue weighted by atomic mass is 35.5. The highest BCUT2D eigenvalue weighted by Gasteiger charge is 2.36. The summed E-state index contributed by atoms with van der Waals surface area (Å²) in [5.41, 5.74) is 3.29. The van der Waals surface area contributed by atoms with E-state index < -0.39 is 6.04 Å². The maximum absolute atomic E-state index is 12.8. The first-order valence-electron chi connectivity index (χ1n) is 10.1. The second-order valence-corrected chi connectivity index (χ2v) is 8.41. The van der Waals surface area contributed by atoms with Crippen LogP contribution in [0.3, 0.4) is 0 Å². The van der Waals surface area contributed by atoms with Crippen molar-refractivity contribution in [2.45, 2.75) is 31.9 Å². The molecule has 2 aromatic carbocycles. The van der Waals surface area contributed by atoms with Crippen LogP contribution in [0, 0.1) is 0 Å². The van der Waals surface area contributed by atoms with Gasteiger partial charge in [-0.1, -0.05) is 40.4 Å². The number of anilines is 1. The number of nitrogens with zero attached hydrogens (tertiary/aromatic N) is 4.